The molecule has 1 aliphatic rings. The molecule has 2 nitrogen and oxygen atoms in total. The Balaban J connectivity index is 2.21. The highest BCUT2D eigenvalue weighted by Crippen LogP contribution is 2.28. The number of amidine groups is 1. The standard InChI is InChI=1S/C8H16N2S/c1-6(11-2)5-10-8(9)7-3-4-7/h6-7H,3-5H2,1-2H3,(H2,9,10). The van der Waals surface area contributed by atoms with Crippen LogP contribution in [0.3, 0.4) is 0 Å². The summed E-state index contributed by atoms with van der Waals surface area (Å²) in [5, 5.41) is 0.604. The smallest absolute Gasteiger partial charge is 0.0968 e. The molecule has 1 saturated carbocycles. The normalized spacial score (nSPS) is 21.8. The molecule has 1 aliphatic carbocycles. The minimum absolute atomic E-state index is 0.604. The van der Waals surface area contributed by atoms with Crippen LogP contribution in [0, 0.1) is 5.92 Å². The monoisotopic (exact) mass is 172 g/mol. The molecular weight excluding hydrogens is 156 g/mol. The largest absolute Gasteiger partial charge is 0.387 e. The molecule has 0 amide bonds. The van der Waals surface area contributed by atoms with Crippen LogP contribution in [-0.4, -0.2) is 23.9 Å². The molecule has 1 atom stereocenters. The maximum absolute atomic E-state index is 5.72. The van der Waals surface area contributed by atoms with E-state index in [1.165, 1.54) is 12.8 Å². The van der Waals surface area contributed by atoms with Crippen molar-refractivity contribution in [3.8, 4) is 0 Å². The second-order valence-electron chi connectivity index (χ2n) is 3.09. The van der Waals surface area contributed by atoms with Crippen LogP contribution in [0.15, 0.2) is 4.99 Å². The minimum Gasteiger partial charge on any atom is -0.387 e. The first-order chi connectivity index (χ1) is 5.24. The molecular formula is C8H16N2S. The topological polar surface area (TPSA) is 38.4 Å². The zero-order valence-corrected chi connectivity index (χ0v) is 8.03. The van der Waals surface area contributed by atoms with Gasteiger partial charge in [-0.25, -0.2) is 0 Å². The van der Waals surface area contributed by atoms with Gasteiger partial charge in [-0.3, -0.25) is 4.99 Å². The Kier molecular flexibility index (Phi) is 3.24. The molecule has 0 aromatic heterocycles. The molecule has 0 bridgehead atoms. The molecule has 3 heteroatoms. The van der Waals surface area contributed by atoms with Crippen molar-refractivity contribution in [1.29, 1.82) is 0 Å². The first-order valence-corrected chi connectivity index (χ1v) is 5.35. The summed E-state index contributed by atoms with van der Waals surface area (Å²) in [7, 11) is 0. The third-order valence-electron chi connectivity index (χ3n) is 1.93. The molecule has 11 heavy (non-hydrogen) atoms. The van der Waals surface area contributed by atoms with Gasteiger partial charge in [0.15, 0.2) is 0 Å². The van der Waals surface area contributed by atoms with Crippen LogP contribution < -0.4 is 5.73 Å². The third-order valence-corrected chi connectivity index (χ3v) is 2.88. The SMILES string of the molecule is CSC(C)CN=C(N)C1CC1. The fourth-order valence-electron chi connectivity index (χ4n) is 0.817. The number of rotatable bonds is 4. The van der Waals surface area contributed by atoms with Crippen molar-refractivity contribution in [2.75, 3.05) is 12.8 Å². The van der Waals surface area contributed by atoms with Crippen molar-refractivity contribution in [2.45, 2.75) is 25.0 Å². The Bertz CT molecular complexity index is 152. The van der Waals surface area contributed by atoms with E-state index in [1.807, 2.05) is 11.8 Å². The van der Waals surface area contributed by atoms with Crippen molar-refractivity contribution in [3.05, 3.63) is 0 Å². The maximum atomic E-state index is 5.72. The average Bonchev–Trinajstić information content (AvgIpc) is 2.81. The van der Waals surface area contributed by atoms with Gasteiger partial charge in [-0.05, 0) is 19.1 Å². The van der Waals surface area contributed by atoms with Crippen LogP contribution in [0.4, 0.5) is 0 Å². The van der Waals surface area contributed by atoms with Crippen LogP contribution in [-0.2, 0) is 0 Å². The average molecular weight is 172 g/mol. The van der Waals surface area contributed by atoms with Crippen molar-refractivity contribution in [2.24, 2.45) is 16.6 Å². The fraction of sp³-hybridized carbons (Fsp3) is 0.875. The van der Waals surface area contributed by atoms with E-state index in [9.17, 15) is 0 Å². The van der Waals surface area contributed by atoms with Crippen LogP contribution in [0.25, 0.3) is 0 Å². The lowest BCUT2D eigenvalue weighted by Crippen LogP contribution is -2.16. The zero-order chi connectivity index (χ0) is 8.27. The Labute approximate surface area is 72.6 Å². The van der Waals surface area contributed by atoms with Gasteiger partial charge < -0.3 is 5.73 Å². The molecule has 0 spiro atoms. The quantitative estimate of drug-likeness (QED) is 0.515. The van der Waals surface area contributed by atoms with Gasteiger partial charge in [0.05, 0.1) is 12.4 Å². The summed E-state index contributed by atoms with van der Waals surface area (Å²) in [6, 6.07) is 0. The molecule has 0 saturated heterocycles. The van der Waals surface area contributed by atoms with Crippen molar-refractivity contribution in [1.82, 2.24) is 0 Å². The van der Waals surface area contributed by atoms with E-state index in [-0.39, 0.29) is 0 Å². The van der Waals surface area contributed by atoms with E-state index in [0.29, 0.717) is 11.2 Å². The predicted octanol–water partition coefficient (Wildman–Crippen LogP) is 1.51. The molecule has 0 radical (unpaired) electrons. The number of nitrogens with zero attached hydrogens (tertiary/aromatic N) is 1. The van der Waals surface area contributed by atoms with Crippen LogP contribution in [0.5, 0.6) is 0 Å². The van der Waals surface area contributed by atoms with Gasteiger partial charge in [-0.1, -0.05) is 6.92 Å². The molecule has 1 fully saturated rings. The molecule has 2 N–H and O–H groups in total. The summed E-state index contributed by atoms with van der Waals surface area (Å²) in [6.07, 6.45) is 4.61. The van der Waals surface area contributed by atoms with Crippen LogP contribution >= 0.6 is 11.8 Å². The van der Waals surface area contributed by atoms with E-state index in [4.69, 9.17) is 5.73 Å². The molecule has 0 aromatic rings. The Morgan fingerprint density at radius 2 is 2.36 bits per heavy atom. The predicted molar refractivity (Wildman–Crippen MR) is 52.2 cm³/mol. The van der Waals surface area contributed by atoms with Gasteiger partial charge in [-0.2, -0.15) is 11.8 Å². The van der Waals surface area contributed by atoms with Crippen molar-refractivity contribution in [3.63, 3.8) is 0 Å². The number of hydrogen-bond acceptors (Lipinski definition) is 2. The highest BCUT2D eigenvalue weighted by molar-refractivity contribution is 7.99. The van der Waals surface area contributed by atoms with E-state index >= 15 is 0 Å². The van der Waals surface area contributed by atoms with E-state index in [1.54, 1.807) is 0 Å². The van der Waals surface area contributed by atoms with Crippen LogP contribution in [0.2, 0.25) is 0 Å². The second-order valence-corrected chi connectivity index (χ2v) is 4.36. The zero-order valence-electron chi connectivity index (χ0n) is 7.21. The molecule has 64 valence electrons. The lowest BCUT2D eigenvalue weighted by Gasteiger charge is -2.03. The Hall–Kier alpha value is -0.180. The van der Waals surface area contributed by atoms with Crippen molar-refractivity contribution < 1.29 is 0 Å². The first kappa shape index (κ1) is 8.91. The highest BCUT2D eigenvalue weighted by atomic mass is 32.2. The summed E-state index contributed by atoms with van der Waals surface area (Å²) >= 11 is 1.84. The number of hydrogen-bond donors (Lipinski definition) is 1. The summed E-state index contributed by atoms with van der Waals surface area (Å²) in [4.78, 5) is 4.33. The minimum atomic E-state index is 0.604. The van der Waals surface area contributed by atoms with E-state index in [2.05, 4.69) is 18.2 Å². The highest BCUT2D eigenvalue weighted by Gasteiger charge is 2.25. The molecule has 1 rings (SSSR count). The van der Waals surface area contributed by atoms with Crippen LogP contribution in [0.1, 0.15) is 19.8 Å². The summed E-state index contributed by atoms with van der Waals surface area (Å²) in [5.41, 5.74) is 5.72. The lowest BCUT2D eigenvalue weighted by molar-refractivity contribution is 0.936. The molecule has 0 aromatic carbocycles. The van der Waals surface area contributed by atoms with Gasteiger partial charge in [0.1, 0.15) is 0 Å². The van der Waals surface area contributed by atoms with Crippen molar-refractivity contribution >= 4 is 17.6 Å². The Morgan fingerprint density at radius 3 is 2.82 bits per heavy atom. The van der Waals surface area contributed by atoms with Gasteiger partial charge in [0.25, 0.3) is 0 Å². The summed E-state index contributed by atoms with van der Waals surface area (Å²) in [5.74, 6) is 1.51. The van der Waals surface area contributed by atoms with Gasteiger partial charge in [0, 0.05) is 11.2 Å². The first-order valence-electron chi connectivity index (χ1n) is 4.06. The number of thioether (sulfide) groups is 1. The third kappa shape index (κ3) is 3.14. The van der Waals surface area contributed by atoms with E-state index in [0.717, 1.165) is 12.4 Å². The summed E-state index contributed by atoms with van der Waals surface area (Å²) in [6.45, 7) is 3.05. The lowest BCUT2D eigenvalue weighted by atomic mass is 10.4. The number of nitrogens with two attached hydrogens (primary N) is 1. The van der Waals surface area contributed by atoms with Gasteiger partial charge >= 0.3 is 0 Å². The fourth-order valence-corrected chi connectivity index (χ4v) is 1.04. The van der Waals surface area contributed by atoms with E-state index < -0.39 is 0 Å². The van der Waals surface area contributed by atoms with Gasteiger partial charge in [0.2, 0.25) is 0 Å². The summed E-state index contributed by atoms with van der Waals surface area (Å²) < 4.78 is 0. The van der Waals surface area contributed by atoms with Gasteiger partial charge in [-0.15, -0.1) is 0 Å². The maximum Gasteiger partial charge on any atom is 0.0968 e. The molecule has 0 aliphatic heterocycles. The molecule has 1 unspecified atom stereocenters. The Morgan fingerprint density at radius 1 is 1.73 bits per heavy atom. The second kappa shape index (κ2) is 4.00. The number of aliphatic imine (C=N–C) groups is 1. The molecule has 0 heterocycles.